The van der Waals surface area contributed by atoms with Crippen LogP contribution in [-0.4, -0.2) is 37.9 Å². The van der Waals surface area contributed by atoms with Crippen molar-refractivity contribution in [3.63, 3.8) is 0 Å². The fourth-order valence-corrected chi connectivity index (χ4v) is 4.12. The van der Waals surface area contributed by atoms with Gasteiger partial charge in [0.1, 0.15) is 5.78 Å². The highest BCUT2D eigenvalue weighted by Crippen LogP contribution is 2.34. The van der Waals surface area contributed by atoms with Crippen LogP contribution in [0.3, 0.4) is 0 Å². The minimum Gasteiger partial charge on any atom is -0.467 e. The Hall–Kier alpha value is -1.20. The van der Waals surface area contributed by atoms with E-state index in [1.807, 2.05) is 0 Å². The van der Waals surface area contributed by atoms with Crippen LogP contribution < -0.4 is 0 Å². The molecule has 1 rings (SSSR count). The minimum atomic E-state index is -0.828. The molecule has 1 fully saturated rings. The van der Waals surface area contributed by atoms with Crippen LogP contribution in [0.4, 0.5) is 0 Å². The summed E-state index contributed by atoms with van der Waals surface area (Å²) in [7, 11) is 2.94. The zero-order valence-electron chi connectivity index (χ0n) is 19.9. The third kappa shape index (κ3) is 10.2. The molecule has 174 valence electrons. The Bertz CT molecular complexity index is 526. The molecule has 0 aromatic rings. The van der Waals surface area contributed by atoms with E-state index in [2.05, 4.69) is 19.1 Å². The maximum absolute atomic E-state index is 12.3. The molecular formula is C25H44O5. The van der Waals surface area contributed by atoms with Gasteiger partial charge in [-0.15, -0.1) is 0 Å². The molecule has 0 aromatic heterocycles. The number of hydrogen-bond donors (Lipinski definition) is 0. The average molecular weight is 425 g/mol. The molecule has 0 N–H and O–H groups in total. The molecule has 30 heavy (non-hydrogen) atoms. The number of carbonyl (C=O) groups excluding carboxylic acids is 2. The number of esters is 1. The summed E-state index contributed by atoms with van der Waals surface area (Å²) in [4.78, 5) is 24.3. The smallest absolute Gasteiger partial charge is 0.335 e. The van der Waals surface area contributed by atoms with Crippen molar-refractivity contribution in [2.24, 2.45) is 11.8 Å². The van der Waals surface area contributed by atoms with E-state index in [1.54, 1.807) is 21.0 Å². The summed E-state index contributed by atoms with van der Waals surface area (Å²) in [5.74, 6) is -0.177. The van der Waals surface area contributed by atoms with Gasteiger partial charge in [-0.3, -0.25) is 4.79 Å². The highest BCUT2D eigenvalue weighted by atomic mass is 16.7. The molecule has 1 aliphatic rings. The predicted molar refractivity (Wildman–Crippen MR) is 120 cm³/mol. The Kier molecular flexibility index (Phi) is 13.2. The van der Waals surface area contributed by atoms with E-state index >= 15 is 0 Å². The molecule has 0 amide bonds. The molecule has 1 saturated carbocycles. The van der Waals surface area contributed by atoms with Gasteiger partial charge in [-0.05, 0) is 51.9 Å². The van der Waals surface area contributed by atoms with E-state index in [0.29, 0.717) is 18.1 Å². The molecule has 0 aromatic carbocycles. The first-order valence-corrected chi connectivity index (χ1v) is 11.8. The van der Waals surface area contributed by atoms with E-state index in [4.69, 9.17) is 14.2 Å². The third-order valence-corrected chi connectivity index (χ3v) is 6.13. The van der Waals surface area contributed by atoms with Crippen molar-refractivity contribution < 1.29 is 23.8 Å². The van der Waals surface area contributed by atoms with E-state index in [1.165, 1.54) is 32.8 Å². The van der Waals surface area contributed by atoms with E-state index in [9.17, 15) is 9.59 Å². The van der Waals surface area contributed by atoms with Crippen LogP contribution in [-0.2, 0) is 23.8 Å². The lowest BCUT2D eigenvalue weighted by molar-refractivity contribution is -0.230. The molecule has 1 aliphatic carbocycles. The number of ether oxygens (including phenoxy) is 3. The van der Waals surface area contributed by atoms with Gasteiger partial charge >= 0.3 is 5.97 Å². The van der Waals surface area contributed by atoms with Crippen molar-refractivity contribution in [3.05, 3.63) is 12.2 Å². The van der Waals surface area contributed by atoms with Crippen LogP contribution in [0.15, 0.2) is 12.2 Å². The van der Waals surface area contributed by atoms with Gasteiger partial charge in [0.15, 0.2) is 11.9 Å². The van der Waals surface area contributed by atoms with Gasteiger partial charge in [-0.25, -0.2) is 4.79 Å². The SMILES string of the molecule is CCCCCC/C=C\[C@H]1CCC(=O)[C@@H]1CCCCCC(OC(C)(C)OC)C(=O)OC. The molecule has 5 heteroatoms. The van der Waals surface area contributed by atoms with Crippen molar-refractivity contribution in [1.29, 1.82) is 0 Å². The predicted octanol–water partition coefficient (Wildman–Crippen LogP) is 6.00. The summed E-state index contributed by atoms with van der Waals surface area (Å²) in [6.07, 6.45) is 16.3. The summed E-state index contributed by atoms with van der Waals surface area (Å²) >= 11 is 0. The molecule has 0 aliphatic heterocycles. The zero-order chi connectivity index (χ0) is 22.4. The first kappa shape index (κ1) is 26.8. The van der Waals surface area contributed by atoms with Crippen LogP contribution in [0.1, 0.15) is 97.8 Å². The first-order valence-electron chi connectivity index (χ1n) is 11.8. The lowest BCUT2D eigenvalue weighted by atomic mass is 9.89. The van der Waals surface area contributed by atoms with Crippen molar-refractivity contribution in [1.82, 2.24) is 0 Å². The summed E-state index contributed by atoms with van der Waals surface area (Å²) < 4.78 is 15.9. The van der Waals surface area contributed by atoms with Gasteiger partial charge in [0.25, 0.3) is 0 Å². The lowest BCUT2D eigenvalue weighted by Crippen LogP contribution is -2.37. The van der Waals surface area contributed by atoms with Crippen LogP contribution in [0.2, 0.25) is 0 Å². The van der Waals surface area contributed by atoms with Crippen LogP contribution in [0.5, 0.6) is 0 Å². The maximum atomic E-state index is 12.3. The Morgan fingerprint density at radius 3 is 2.53 bits per heavy atom. The van der Waals surface area contributed by atoms with E-state index in [0.717, 1.165) is 44.9 Å². The Balaban J connectivity index is 2.36. The number of Topliss-reactive ketones (excluding diaryl/α,β-unsaturated/α-hetero) is 1. The van der Waals surface area contributed by atoms with E-state index < -0.39 is 11.9 Å². The normalized spacial score (nSPS) is 20.8. The number of allylic oxidation sites excluding steroid dienone is 2. The van der Waals surface area contributed by atoms with Crippen molar-refractivity contribution in [3.8, 4) is 0 Å². The Labute approximate surface area is 183 Å². The Morgan fingerprint density at radius 2 is 1.87 bits per heavy atom. The van der Waals surface area contributed by atoms with Gasteiger partial charge in [-0.2, -0.15) is 0 Å². The maximum Gasteiger partial charge on any atom is 0.335 e. The van der Waals surface area contributed by atoms with Crippen molar-refractivity contribution >= 4 is 11.8 Å². The molecular weight excluding hydrogens is 380 g/mol. The first-order chi connectivity index (χ1) is 14.3. The van der Waals surface area contributed by atoms with Crippen LogP contribution >= 0.6 is 0 Å². The molecule has 0 bridgehead atoms. The molecule has 0 spiro atoms. The molecule has 0 saturated heterocycles. The van der Waals surface area contributed by atoms with E-state index in [-0.39, 0.29) is 11.9 Å². The van der Waals surface area contributed by atoms with Crippen molar-refractivity contribution in [2.45, 2.75) is 110 Å². The zero-order valence-corrected chi connectivity index (χ0v) is 19.9. The van der Waals surface area contributed by atoms with Crippen molar-refractivity contribution in [2.75, 3.05) is 14.2 Å². The summed E-state index contributed by atoms with van der Waals surface area (Å²) in [5.41, 5.74) is 0. The van der Waals surface area contributed by atoms with Gasteiger partial charge in [0, 0.05) is 19.4 Å². The average Bonchev–Trinajstić information content (AvgIpc) is 3.08. The highest BCUT2D eigenvalue weighted by molar-refractivity contribution is 5.83. The molecule has 3 atom stereocenters. The summed E-state index contributed by atoms with van der Waals surface area (Å²) in [6, 6.07) is 0. The fraction of sp³-hybridized carbons (Fsp3) is 0.840. The second-order valence-corrected chi connectivity index (χ2v) is 8.92. The molecule has 0 heterocycles. The highest BCUT2D eigenvalue weighted by Gasteiger charge is 2.32. The molecule has 1 unspecified atom stereocenters. The largest absolute Gasteiger partial charge is 0.467 e. The fourth-order valence-electron chi connectivity index (χ4n) is 4.12. The summed E-state index contributed by atoms with van der Waals surface area (Å²) in [5, 5.41) is 0. The van der Waals surface area contributed by atoms with Gasteiger partial charge < -0.3 is 14.2 Å². The second-order valence-electron chi connectivity index (χ2n) is 8.92. The molecule has 5 nitrogen and oxygen atoms in total. The van der Waals surface area contributed by atoms with Gasteiger partial charge in [0.05, 0.1) is 7.11 Å². The van der Waals surface area contributed by atoms with Gasteiger partial charge in [-0.1, -0.05) is 57.6 Å². The standard InChI is InChI=1S/C25H44O5/c1-6-7-8-9-10-12-15-20-18-19-22(26)21(20)16-13-11-14-17-23(24(27)28-4)30-25(2,3)29-5/h12,15,20-21,23H,6-11,13-14,16-19H2,1-5H3/b15-12-/t20-,21+,23?/m0/s1. The monoisotopic (exact) mass is 424 g/mol. The third-order valence-electron chi connectivity index (χ3n) is 6.13. The topological polar surface area (TPSA) is 61.8 Å². The Morgan fingerprint density at radius 1 is 1.13 bits per heavy atom. The summed E-state index contributed by atoms with van der Waals surface area (Å²) in [6.45, 7) is 5.80. The minimum absolute atomic E-state index is 0.178. The number of rotatable bonds is 16. The molecule has 0 radical (unpaired) electrons. The number of carbonyl (C=O) groups is 2. The van der Waals surface area contributed by atoms with Gasteiger partial charge in [0.2, 0.25) is 0 Å². The van der Waals surface area contributed by atoms with Crippen LogP contribution in [0, 0.1) is 11.8 Å². The number of hydrogen-bond acceptors (Lipinski definition) is 5. The number of ketones is 1. The quantitative estimate of drug-likeness (QED) is 0.132. The number of methoxy groups -OCH3 is 2. The second kappa shape index (κ2) is 14.7. The number of unbranched alkanes of at least 4 members (excludes halogenated alkanes) is 6. The van der Waals surface area contributed by atoms with Crippen LogP contribution in [0.25, 0.3) is 0 Å². The lowest BCUT2D eigenvalue weighted by Gasteiger charge is -2.28.